The summed E-state index contributed by atoms with van der Waals surface area (Å²) in [5.74, 6) is 0.415. The Morgan fingerprint density at radius 3 is 2.68 bits per heavy atom. The Kier molecular flexibility index (Phi) is 8.54. The highest BCUT2D eigenvalue weighted by molar-refractivity contribution is 14.0. The van der Waals surface area contributed by atoms with E-state index in [2.05, 4.69) is 33.6 Å². The van der Waals surface area contributed by atoms with Crippen molar-refractivity contribution in [2.45, 2.75) is 32.9 Å². The Morgan fingerprint density at radius 2 is 2.00 bits per heavy atom. The zero-order valence-corrected chi connectivity index (χ0v) is 16.7. The third-order valence-electron chi connectivity index (χ3n) is 3.69. The minimum Gasteiger partial charge on any atom is -0.361 e. The van der Waals surface area contributed by atoms with Gasteiger partial charge in [0.2, 0.25) is 0 Å². The number of aromatic amines is 1. The predicted molar refractivity (Wildman–Crippen MR) is 107 cm³/mol. The van der Waals surface area contributed by atoms with E-state index in [4.69, 9.17) is 0 Å². The van der Waals surface area contributed by atoms with E-state index in [0.717, 1.165) is 11.9 Å². The molecule has 0 fully saturated rings. The summed E-state index contributed by atoms with van der Waals surface area (Å²) in [5.41, 5.74) is 3.48. The van der Waals surface area contributed by atoms with Gasteiger partial charge in [0.1, 0.15) is 0 Å². The van der Waals surface area contributed by atoms with Crippen molar-refractivity contribution in [1.29, 1.82) is 0 Å². The first kappa shape index (κ1) is 21.6. The molecule has 0 aliphatic heterocycles. The quantitative estimate of drug-likeness (QED) is 0.339. The van der Waals surface area contributed by atoms with Crippen molar-refractivity contribution in [2.24, 2.45) is 4.99 Å². The van der Waals surface area contributed by atoms with Crippen LogP contribution in [-0.2, 0) is 6.42 Å². The van der Waals surface area contributed by atoms with Crippen LogP contribution in [0.25, 0.3) is 10.9 Å². The van der Waals surface area contributed by atoms with Crippen LogP contribution in [0.4, 0.5) is 13.2 Å². The fourth-order valence-electron chi connectivity index (χ4n) is 2.60. The SMILES string of the molecule is CCNC(=NCCC(F)(F)F)NCCc1c[nH]c2cccc(C)c12.I. The van der Waals surface area contributed by atoms with E-state index < -0.39 is 12.6 Å². The average Bonchev–Trinajstić information content (AvgIpc) is 2.91. The fraction of sp³-hybridized carbons (Fsp3) is 0.471. The first-order valence-corrected chi connectivity index (χ1v) is 8.05. The van der Waals surface area contributed by atoms with Crippen molar-refractivity contribution in [3.05, 3.63) is 35.5 Å². The van der Waals surface area contributed by atoms with E-state index >= 15 is 0 Å². The highest BCUT2D eigenvalue weighted by Crippen LogP contribution is 2.22. The van der Waals surface area contributed by atoms with Crippen LogP contribution >= 0.6 is 24.0 Å². The molecule has 0 unspecified atom stereocenters. The lowest BCUT2D eigenvalue weighted by Gasteiger charge is -2.11. The summed E-state index contributed by atoms with van der Waals surface area (Å²) in [6.07, 6.45) is -2.35. The molecule has 25 heavy (non-hydrogen) atoms. The largest absolute Gasteiger partial charge is 0.390 e. The summed E-state index contributed by atoms with van der Waals surface area (Å²) in [7, 11) is 0. The molecule has 0 amide bonds. The smallest absolute Gasteiger partial charge is 0.361 e. The number of aryl methyl sites for hydroxylation is 1. The van der Waals surface area contributed by atoms with Crippen LogP contribution in [0, 0.1) is 6.92 Å². The molecule has 0 spiro atoms. The number of halogens is 4. The van der Waals surface area contributed by atoms with E-state index in [1.807, 2.05) is 25.3 Å². The lowest BCUT2D eigenvalue weighted by Crippen LogP contribution is -2.38. The maximum absolute atomic E-state index is 12.2. The van der Waals surface area contributed by atoms with Gasteiger partial charge in [0.05, 0.1) is 13.0 Å². The molecule has 0 radical (unpaired) electrons. The number of guanidine groups is 1. The van der Waals surface area contributed by atoms with Gasteiger partial charge in [-0.3, -0.25) is 4.99 Å². The Morgan fingerprint density at radius 1 is 1.24 bits per heavy atom. The van der Waals surface area contributed by atoms with E-state index in [0.29, 0.717) is 19.0 Å². The Bertz CT molecular complexity index is 695. The zero-order valence-electron chi connectivity index (χ0n) is 14.3. The van der Waals surface area contributed by atoms with Gasteiger partial charge in [-0.1, -0.05) is 12.1 Å². The van der Waals surface area contributed by atoms with E-state index in [1.54, 1.807) is 0 Å². The third-order valence-corrected chi connectivity index (χ3v) is 3.69. The fourth-order valence-corrected chi connectivity index (χ4v) is 2.60. The highest BCUT2D eigenvalue weighted by atomic mass is 127. The molecule has 4 nitrogen and oxygen atoms in total. The first-order valence-electron chi connectivity index (χ1n) is 8.05. The molecule has 0 saturated heterocycles. The topological polar surface area (TPSA) is 52.2 Å². The first-order chi connectivity index (χ1) is 11.4. The zero-order chi connectivity index (χ0) is 17.6. The summed E-state index contributed by atoms with van der Waals surface area (Å²) >= 11 is 0. The second-order valence-electron chi connectivity index (χ2n) is 5.61. The molecule has 0 bridgehead atoms. The van der Waals surface area contributed by atoms with Crippen molar-refractivity contribution >= 4 is 40.8 Å². The minimum atomic E-state index is -4.18. The Labute approximate surface area is 162 Å². The maximum atomic E-state index is 12.2. The molecule has 0 saturated carbocycles. The number of rotatable bonds is 6. The number of alkyl halides is 3. The number of hydrogen-bond acceptors (Lipinski definition) is 1. The van der Waals surface area contributed by atoms with Crippen LogP contribution < -0.4 is 10.6 Å². The second-order valence-corrected chi connectivity index (χ2v) is 5.61. The summed E-state index contributed by atoms with van der Waals surface area (Å²) in [6, 6.07) is 6.10. The van der Waals surface area contributed by atoms with Gasteiger partial charge in [-0.05, 0) is 37.5 Å². The van der Waals surface area contributed by atoms with Crippen LogP contribution in [0.2, 0.25) is 0 Å². The molecular formula is C17H24F3IN4. The molecular weight excluding hydrogens is 444 g/mol. The molecule has 1 aromatic carbocycles. The normalized spacial score (nSPS) is 12.1. The van der Waals surface area contributed by atoms with Crippen LogP contribution in [0.1, 0.15) is 24.5 Å². The number of nitrogens with zero attached hydrogens (tertiary/aromatic N) is 1. The molecule has 3 N–H and O–H groups in total. The molecule has 0 atom stereocenters. The van der Waals surface area contributed by atoms with E-state index in [9.17, 15) is 13.2 Å². The van der Waals surface area contributed by atoms with E-state index in [-0.39, 0.29) is 30.5 Å². The molecule has 1 aromatic heterocycles. The van der Waals surface area contributed by atoms with Crippen molar-refractivity contribution < 1.29 is 13.2 Å². The van der Waals surface area contributed by atoms with Crippen molar-refractivity contribution in [3.8, 4) is 0 Å². The van der Waals surface area contributed by atoms with Crippen molar-refractivity contribution in [2.75, 3.05) is 19.6 Å². The van der Waals surface area contributed by atoms with Gasteiger partial charge >= 0.3 is 6.18 Å². The second kappa shape index (κ2) is 9.88. The number of fused-ring (bicyclic) bond motifs is 1. The average molecular weight is 468 g/mol. The molecule has 1 heterocycles. The summed E-state index contributed by atoms with van der Waals surface area (Å²) in [6.45, 7) is 4.87. The summed E-state index contributed by atoms with van der Waals surface area (Å²) in [4.78, 5) is 7.21. The van der Waals surface area contributed by atoms with Gasteiger partial charge in [0, 0.05) is 30.2 Å². The van der Waals surface area contributed by atoms with E-state index in [1.165, 1.54) is 16.5 Å². The van der Waals surface area contributed by atoms with Crippen molar-refractivity contribution in [1.82, 2.24) is 15.6 Å². The van der Waals surface area contributed by atoms with Gasteiger partial charge in [0.25, 0.3) is 0 Å². The van der Waals surface area contributed by atoms with Crippen LogP contribution in [-0.4, -0.2) is 36.8 Å². The predicted octanol–water partition coefficient (Wildman–Crippen LogP) is 4.14. The van der Waals surface area contributed by atoms with Crippen molar-refractivity contribution in [3.63, 3.8) is 0 Å². The number of aliphatic imine (C=N–C) groups is 1. The highest BCUT2D eigenvalue weighted by Gasteiger charge is 2.26. The van der Waals surface area contributed by atoms with Gasteiger partial charge in [0.15, 0.2) is 5.96 Å². The van der Waals surface area contributed by atoms with Gasteiger partial charge < -0.3 is 15.6 Å². The summed E-state index contributed by atoms with van der Waals surface area (Å²) < 4.78 is 36.6. The summed E-state index contributed by atoms with van der Waals surface area (Å²) in [5, 5.41) is 7.26. The molecule has 2 rings (SSSR count). The number of nitrogens with one attached hydrogen (secondary N) is 3. The lowest BCUT2D eigenvalue weighted by molar-refractivity contribution is -0.132. The monoisotopic (exact) mass is 468 g/mol. The maximum Gasteiger partial charge on any atom is 0.390 e. The number of hydrogen-bond donors (Lipinski definition) is 3. The third kappa shape index (κ3) is 6.75. The standard InChI is InChI=1S/C17H23F3N4.HI/c1-3-21-16(23-10-8-17(18,19)20)22-9-7-13-11-24-14-6-4-5-12(2)15(13)14;/h4-6,11,24H,3,7-10H2,1-2H3,(H2,21,22,23);1H. The Hall–Kier alpha value is -1.45. The van der Waals surface area contributed by atoms with Crippen LogP contribution in [0.3, 0.4) is 0 Å². The number of benzene rings is 1. The van der Waals surface area contributed by atoms with Gasteiger partial charge in [-0.25, -0.2) is 0 Å². The molecule has 140 valence electrons. The molecule has 2 aromatic rings. The minimum absolute atomic E-state index is 0. The van der Waals surface area contributed by atoms with Crippen LogP contribution in [0.5, 0.6) is 0 Å². The van der Waals surface area contributed by atoms with Gasteiger partial charge in [-0.15, -0.1) is 24.0 Å². The molecule has 8 heteroatoms. The molecule has 0 aliphatic rings. The lowest BCUT2D eigenvalue weighted by atomic mass is 10.1. The number of H-pyrrole nitrogens is 1. The number of aromatic nitrogens is 1. The molecule has 0 aliphatic carbocycles. The Balaban J connectivity index is 0.00000312. The van der Waals surface area contributed by atoms with Gasteiger partial charge in [-0.2, -0.15) is 13.2 Å². The van der Waals surface area contributed by atoms with Crippen LogP contribution in [0.15, 0.2) is 29.4 Å².